The van der Waals surface area contributed by atoms with Crippen molar-refractivity contribution in [1.29, 1.82) is 0 Å². The Morgan fingerprint density at radius 3 is 1.27 bits per heavy atom. The first-order valence-corrected chi connectivity index (χ1v) is 4.40. The highest BCUT2D eigenvalue weighted by Gasteiger charge is 2.25. The first-order valence-electron chi connectivity index (χ1n) is 4.40. The molecular formula is C10H22N. The third-order valence-corrected chi connectivity index (χ3v) is 1.81. The van der Waals surface area contributed by atoms with Crippen LogP contribution in [-0.2, 0) is 0 Å². The van der Waals surface area contributed by atoms with Crippen LogP contribution in [-0.4, -0.2) is 22.5 Å². The maximum Gasteiger partial charge on any atom is 0.0159 e. The van der Waals surface area contributed by atoms with Gasteiger partial charge in [-0.25, -0.2) is 0 Å². The SMILES string of the molecule is [CH2]C(C)(C)N(C(C)C)C(C)C. The summed E-state index contributed by atoms with van der Waals surface area (Å²) in [7, 11) is 0. The molecule has 0 aromatic carbocycles. The molecule has 67 valence electrons. The minimum absolute atomic E-state index is 0.0440. The maximum atomic E-state index is 4.14. The molecule has 0 amide bonds. The molecule has 0 bridgehead atoms. The average molecular weight is 156 g/mol. The Morgan fingerprint density at radius 2 is 1.27 bits per heavy atom. The van der Waals surface area contributed by atoms with E-state index in [0.29, 0.717) is 12.1 Å². The van der Waals surface area contributed by atoms with E-state index in [0.717, 1.165) is 0 Å². The molecule has 0 atom stereocenters. The van der Waals surface area contributed by atoms with Gasteiger partial charge in [0.25, 0.3) is 0 Å². The van der Waals surface area contributed by atoms with Gasteiger partial charge in [-0.2, -0.15) is 0 Å². The summed E-state index contributed by atoms with van der Waals surface area (Å²) in [5, 5.41) is 0. The van der Waals surface area contributed by atoms with Gasteiger partial charge in [0, 0.05) is 17.6 Å². The lowest BCUT2D eigenvalue weighted by molar-refractivity contribution is 0.0820. The van der Waals surface area contributed by atoms with Crippen molar-refractivity contribution in [1.82, 2.24) is 4.90 Å². The molecule has 0 spiro atoms. The molecule has 0 saturated carbocycles. The molecule has 0 aliphatic carbocycles. The topological polar surface area (TPSA) is 3.24 Å². The Morgan fingerprint density at radius 1 is 1.00 bits per heavy atom. The van der Waals surface area contributed by atoms with Crippen LogP contribution >= 0.6 is 0 Å². The van der Waals surface area contributed by atoms with Crippen molar-refractivity contribution >= 4 is 0 Å². The Hall–Kier alpha value is -0.0400. The van der Waals surface area contributed by atoms with Crippen molar-refractivity contribution < 1.29 is 0 Å². The second-order valence-electron chi connectivity index (χ2n) is 4.41. The molecule has 1 nitrogen and oxygen atoms in total. The first kappa shape index (κ1) is 11.0. The second-order valence-corrected chi connectivity index (χ2v) is 4.41. The van der Waals surface area contributed by atoms with Crippen molar-refractivity contribution in [3.8, 4) is 0 Å². The monoisotopic (exact) mass is 156 g/mol. The molecule has 0 aromatic rings. The summed E-state index contributed by atoms with van der Waals surface area (Å²) in [6.45, 7) is 17.3. The third-order valence-electron chi connectivity index (χ3n) is 1.81. The number of hydrogen-bond acceptors (Lipinski definition) is 1. The Bertz CT molecular complexity index is 101. The van der Waals surface area contributed by atoms with Crippen molar-refractivity contribution in [3.05, 3.63) is 6.92 Å². The largest absolute Gasteiger partial charge is 0.293 e. The van der Waals surface area contributed by atoms with Crippen molar-refractivity contribution in [2.75, 3.05) is 0 Å². The minimum Gasteiger partial charge on any atom is -0.293 e. The summed E-state index contributed by atoms with van der Waals surface area (Å²) in [5.74, 6) is 0. The zero-order valence-electron chi connectivity index (χ0n) is 8.81. The molecule has 0 rings (SSSR count). The molecule has 0 aliphatic rings. The van der Waals surface area contributed by atoms with Gasteiger partial charge in [-0.1, -0.05) is 0 Å². The van der Waals surface area contributed by atoms with Crippen LogP contribution in [0.3, 0.4) is 0 Å². The van der Waals surface area contributed by atoms with Crippen molar-refractivity contribution in [2.24, 2.45) is 0 Å². The summed E-state index contributed by atoms with van der Waals surface area (Å²) in [4.78, 5) is 2.41. The second kappa shape index (κ2) is 3.57. The number of nitrogens with zero attached hydrogens (tertiary/aromatic N) is 1. The van der Waals surface area contributed by atoms with Crippen molar-refractivity contribution in [3.63, 3.8) is 0 Å². The molecule has 0 saturated heterocycles. The van der Waals surface area contributed by atoms with Crippen LogP contribution in [0.15, 0.2) is 0 Å². The Labute approximate surface area is 71.8 Å². The molecule has 0 fully saturated rings. The zero-order valence-corrected chi connectivity index (χ0v) is 8.81. The van der Waals surface area contributed by atoms with E-state index in [1.165, 1.54) is 0 Å². The predicted octanol–water partition coefficient (Wildman–Crippen LogP) is 2.72. The molecule has 0 aliphatic heterocycles. The van der Waals surface area contributed by atoms with Gasteiger partial charge >= 0.3 is 0 Å². The van der Waals surface area contributed by atoms with E-state index in [1.807, 2.05) is 0 Å². The summed E-state index contributed by atoms with van der Waals surface area (Å²) in [6, 6.07) is 1.14. The standard InChI is InChI=1S/C10H22N/c1-8(2)11(9(3)4)10(5,6)7/h8-9H,5H2,1-4,6-7H3. The summed E-state index contributed by atoms with van der Waals surface area (Å²) < 4.78 is 0. The average Bonchev–Trinajstić information content (AvgIpc) is 1.54. The van der Waals surface area contributed by atoms with Gasteiger partial charge in [-0.3, -0.25) is 4.90 Å². The van der Waals surface area contributed by atoms with Crippen LogP contribution in [0.25, 0.3) is 0 Å². The summed E-state index contributed by atoms with van der Waals surface area (Å²) >= 11 is 0. The molecule has 11 heavy (non-hydrogen) atoms. The third kappa shape index (κ3) is 3.24. The van der Waals surface area contributed by atoms with Gasteiger partial charge in [0.1, 0.15) is 0 Å². The van der Waals surface area contributed by atoms with E-state index in [2.05, 4.69) is 53.4 Å². The number of hydrogen-bond donors (Lipinski definition) is 0. The van der Waals surface area contributed by atoms with E-state index >= 15 is 0 Å². The normalized spacial score (nSPS) is 13.6. The van der Waals surface area contributed by atoms with Crippen LogP contribution in [0.4, 0.5) is 0 Å². The van der Waals surface area contributed by atoms with Crippen LogP contribution in [0, 0.1) is 6.92 Å². The van der Waals surface area contributed by atoms with Gasteiger partial charge in [-0.05, 0) is 48.5 Å². The van der Waals surface area contributed by atoms with Gasteiger partial charge in [0.15, 0.2) is 0 Å². The highest BCUT2D eigenvalue weighted by molar-refractivity contribution is 4.87. The van der Waals surface area contributed by atoms with Gasteiger partial charge in [0.2, 0.25) is 0 Å². The van der Waals surface area contributed by atoms with E-state index in [9.17, 15) is 0 Å². The van der Waals surface area contributed by atoms with Gasteiger partial charge in [0.05, 0.1) is 0 Å². The summed E-state index contributed by atoms with van der Waals surface area (Å²) in [6.07, 6.45) is 0. The molecular weight excluding hydrogens is 134 g/mol. The number of rotatable bonds is 3. The van der Waals surface area contributed by atoms with E-state index in [-0.39, 0.29) is 5.54 Å². The molecule has 0 aromatic heterocycles. The molecule has 1 radical (unpaired) electrons. The highest BCUT2D eigenvalue weighted by atomic mass is 15.2. The fourth-order valence-corrected chi connectivity index (χ4v) is 1.99. The lowest BCUT2D eigenvalue weighted by atomic mass is 10.0. The van der Waals surface area contributed by atoms with Crippen LogP contribution < -0.4 is 0 Å². The molecule has 0 unspecified atom stereocenters. The fourth-order valence-electron chi connectivity index (χ4n) is 1.99. The smallest absolute Gasteiger partial charge is 0.0159 e. The first-order chi connectivity index (χ1) is 4.76. The van der Waals surface area contributed by atoms with Crippen LogP contribution in [0.1, 0.15) is 41.5 Å². The lowest BCUT2D eigenvalue weighted by Crippen LogP contribution is -2.49. The van der Waals surface area contributed by atoms with E-state index < -0.39 is 0 Å². The minimum atomic E-state index is 0.0440. The predicted molar refractivity (Wildman–Crippen MR) is 51.5 cm³/mol. The van der Waals surface area contributed by atoms with E-state index in [4.69, 9.17) is 0 Å². The highest BCUT2D eigenvalue weighted by Crippen LogP contribution is 2.19. The maximum absolute atomic E-state index is 4.14. The van der Waals surface area contributed by atoms with Crippen molar-refractivity contribution in [2.45, 2.75) is 59.2 Å². The fraction of sp³-hybridized carbons (Fsp3) is 0.900. The Balaban J connectivity index is 4.35. The zero-order chi connectivity index (χ0) is 9.23. The van der Waals surface area contributed by atoms with Crippen LogP contribution in [0.2, 0.25) is 0 Å². The quantitative estimate of drug-likeness (QED) is 0.607. The van der Waals surface area contributed by atoms with Gasteiger partial charge in [-0.15, -0.1) is 0 Å². The lowest BCUT2D eigenvalue weighted by Gasteiger charge is -2.42. The van der Waals surface area contributed by atoms with Gasteiger partial charge < -0.3 is 0 Å². The summed E-state index contributed by atoms with van der Waals surface area (Å²) in [5.41, 5.74) is 0.0440. The molecule has 0 N–H and O–H groups in total. The molecule has 0 heterocycles. The Kier molecular flexibility index (Phi) is 3.56. The van der Waals surface area contributed by atoms with E-state index in [1.54, 1.807) is 0 Å². The van der Waals surface area contributed by atoms with Crippen LogP contribution in [0.5, 0.6) is 0 Å². The molecule has 1 heteroatoms.